The first-order chi connectivity index (χ1) is 11.1. The van der Waals surface area contributed by atoms with E-state index in [1.54, 1.807) is 0 Å². The van der Waals surface area contributed by atoms with Crippen LogP contribution < -0.4 is 0 Å². The van der Waals surface area contributed by atoms with Gasteiger partial charge in [-0.3, -0.25) is 4.79 Å². The van der Waals surface area contributed by atoms with Crippen LogP contribution in [-0.2, 0) is 13.0 Å². The first kappa shape index (κ1) is 16.1. The topological polar surface area (TPSA) is 25.2 Å². The SMILES string of the molecule is CCc1ccc2c(c1)c(C)c(C(=O)N1CCCCC1C)n2CC. The molecule has 3 rings (SSSR count). The normalized spacial score (nSPS) is 18.6. The van der Waals surface area contributed by atoms with Crippen LogP contribution in [0.2, 0.25) is 0 Å². The van der Waals surface area contributed by atoms with Crippen LogP contribution in [0.3, 0.4) is 0 Å². The van der Waals surface area contributed by atoms with Gasteiger partial charge in [-0.1, -0.05) is 13.0 Å². The number of carbonyl (C=O) groups excluding carboxylic acids is 1. The van der Waals surface area contributed by atoms with Crippen LogP contribution in [0.15, 0.2) is 18.2 Å². The molecule has 0 spiro atoms. The van der Waals surface area contributed by atoms with Crippen LogP contribution >= 0.6 is 0 Å². The number of piperidine rings is 1. The molecular formula is C20H28N2O. The van der Waals surface area contributed by atoms with E-state index in [4.69, 9.17) is 0 Å². The minimum atomic E-state index is 0.214. The molecule has 0 bridgehead atoms. The molecule has 0 N–H and O–H groups in total. The van der Waals surface area contributed by atoms with Gasteiger partial charge in [0.25, 0.3) is 5.91 Å². The average Bonchev–Trinajstić information content (AvgIpc) is 2.86. The molecule has 1 aromatic heterocycles. The largest absolute Gasteiger partial charge is 0.337 e. The van der Waals surface area contributed by atoms with Gasteiger partial charge in [0, 0.05) is 30.0 Å². The smallest absolute Gasteiger partial charge is 0.271 e. The minimum absolute atomic E-state index is 0.214. The van der Waals surface area contributed by atoms with E-state index >= 15 is 0 Å². The highest BCUT2D eigenvalue weighted by Crippen LogP contribution is 2.29. The van der Waals surface area contributed by atoms with Crippen molar-refractivity contribution in [3.8, 4) is 0 Å². The summed E-state index contributed by atoms with van der Waals surface area (Å²) >= 11 is 0. The molecule has 1 amide bonds. The van der Waals surface area contributed by atoms with Crippen molar-refractivity contribution in [3.05, 3.63) is 35.0 Å². The van der Waals surface area contributed by atoms with E-state index in [1.807, 2.05) is 0 Å². The zero-order chi connectivity index (χ0) is 16.6. The van der Waals surface area contributed by atoms with Crippen LogP contribution in [0.5, 0.6) is 0 Å². The second-order valence-electron chi connectivity index (χ2n) is 6.77. The lowest BCUT2D eigenvalue weighted by Gasteiger charge is -2.33. The van der Waals surface area contributed by atoms with Crippen LogP contribution in [0.25, 0.3) is 10.9 Å². The number of rotatable bonds is 3. The number of likely N-dealkylation sites (tertiary alicyclic amines) is 1. The Kier molecular flexibility index (Phi) is 4.47. The quantitative estimate of drug-likeness (QED) is 0.816. The third kappa shape index (κ3) is 2.66. The Hall–Kier alpha value is -1.77. The number of aromatic nitrogens is 1. The first-order valence-electron chi connectivity index (χ1n) is 9.01. The van der Waals surface area contributed by atoms with Crippen molar-refractivity contribution in [1.29, 1.82) is 0 Å². The van der Waals surface area contributed by atoms with E-state index < -0.39 is 0 Å². The van der Waals surface area contributed by atoms with Crippen molar-refractivity contribution in [2.75, 3.05) is 6.54 Å². The molecule has 0 aliphatic carbocycles. The second kappa shape index (κ2) is 6.38. The maximum atomic E-state index is 13.2. The van der Waals surface area contributed by atoms with Crippen LogP contribution in [0, 0.1) is 6.92 Å². The molecule has 1 atom stereocenters. The van der Waals surface area contributed by atoms with Gasteiger partial charge >= 0.3 is 0 Å². The van der Waals surface area contributed by atoms with Crippen LogP contribution in [-0.4, -0.2) is 28.0 Å². The highest BCUT2D eigenvalue weighted by Gasteiger charge is 2.28. The van der Waals surface area contributed by atoms with Gasteiger partial charge in [0.2, 0.25) is 0 Å². The number of amides is 1. The summed E-state index contributed by atoms with van der Waals surface area (Å²) in [6.45, 7) is 10.3. The molecule has 1 unspecified atom stereocenters. The molecule has 1 saturated heterocycles. The summed E-state index contributed by atoms with van der Waals surface area (Å²) in [5.41, 5.74) is 4.55. The lowest BCUT2D eigenvalue weighted by Crippen LogP contribution is -2.43. The summed E-state index contributed by atoms with van der Waals surface area (Å²) in [5, 5.41) is 1.24. The molecule has 1 aromatic carbocycles. The summed E-state index contributed by atoms with van der Waals surface area (Å²) < 4.78 is 2.20. The van der Waals surface area contributed by atoms with Crippen molar-refractivity contribution < 1.29 is 4.79 Å². The van der Waals surface area contributed by atoms with Crippen molar-refractivity contribution in [2.24, 2.45) is 0 Å². The van der Waals surface area contributed by atoms with Gasteiger partial charge in [0.05, 0.1) is 0 Å². The Morgan fingerprint density at radius 3 is 2.70 bits per heavy atom. The number of hydrogen-bond acceptors (Lipinski definition) is 1. The lowest BCUT2D eigenvalue weighted by atomic mass is 10.0. The molecule has 124 valence electrons. The zero-order valence-electron chi connectivity index (χ0n) is 14.9. The van der Waals surface area contributed by atoms with Gasteiger partial charge in [0.1, 0.15) is 5.69 Å². The maximum absolute atomic E-state index is 13.2. The van der Waals surface area contributed by atoms with E-state index in [2.05, 4.69) is 55.4 Å². The van der Waals surface area contributed by atoms with Crippen molar-refractivity contribution >= 4 is 16.8 Å². The highest BCUT2D eigenvalue weighted by atomic mass is 16.2. The number of hydrogen-bond donors (Lipinski definition) is 0. The van der Waals surface area contributed by atoms with Gasteiger partial charge in [-0.05, 0) is 69.7 Å². The lowest BCUT2D eigenvalue weighted by molar-refractivity contribution is 0.0624. The fraction of sp³-hybridized carbons (Fsp3) is 0.550. The van der Waals surface area contributed by atoms with Gasteiger partial charge in [0.15, 0.2) is 0 Å². The maximum Gasteiger partial charge on any atom is 0.271 e. The summed E-state index contributed by atoms with van der Waals surface area (Å²) in [7, 11) is 0. The predicted octanol–water partition coefficient (Wildman–Crippen LogP) is 4.55. The van der Waals surface area contributed by atoms with Gasteiger partial charge < -0.3 is 9.47 Å². The van der Waals surface area contributed by atoms with Crippen LogP contribution in [0.4, 0.5) is 0 Å². The summed E-state index contributed by atoms with van der Waals surface area (Å²) in [6.07, 6.45) is 4.51. The molecule has 1 aliphatic heterocycles. The highest BCUT2D eigenvalue weighted by molar-refractivity contribution is 6.02. The number of benzene rings is 1. The minimum Gasteiger partial charge on any atom is -0.337 e. The fourth-order valence-electron chi connectivity index (χ4n) is 3.93. The molecule has 0 saturated carbocycles. The van der Waals surface area contributed by atoms with Crippen molar-refractivity contribution in [1.82, 2.24) is 9.47 Å². The molecule has 2 aromatic rings. The number of aryl methyl sites for hydroxylation is 3. The molecule has 1 fully saturated rings. The Morgan fingerprint density at radius 1 is 1.26 bits per heavy atom. The van der Waals surface area contributed by atoms with Crippen molar-refractivity contribution in [2.45, 2.75) is 66.0 Å². The summed E-state index contributed by atoms with van der Waals surface area (Å²) in [6, 6.07) is 6.98. The van der Waals surface area contributed by atoms with E-state index in [0.717, 1.165) is 43.6 Å². The van der Waals surface area contributed by atoms with E-state index in [1.165, 1.54) is 22.9 Å². The molecule has 3 heteroatoms. The Bertz CT molecular complexity index is 729. The Morgan fingerprint density at radius 2 is 2.04 bits per heavy atom. The molecule has 1 aliphatic rings. The molecule has 23 heavy (non-hydrogen) atoms. The molecular weight excluding hydrogens is 284 g/mol. The van der Waals surface area contributed by atoms with Gasteiger partial charge in [-0.25, -0.2) is 0 Å². The van der Waals surface area contributed by atoms with Gasteiger partial charge in [-0.2, -0.15) is 0 Å². The standard InChI is InChI=1S/C20H28N2O/c1-5-16-10-11-18-17(13-16)15(4)19(21(18)6-2)20(23)22-12-8-7-9-14(22)3/h10-11,13-14H,5-9,12H2,1-4H3. The average molecular weight is 312 g/mol. The van der Waals surface area contributed by atoms with E-state index in [9.17, 15) is 4.79 Å². The third-order valence-electron chi connectivity index (χ3n) is 5.37. The van der Waals surface area contributed by atoms with Gasteiger partial charge in [-0.15, -0.1) is 0 Å². The third-order valence-corrected chi connectivity index (χ3v) is 5.37. The number of nitrogens with zero attached hydrogens (tertiary/aromatic N) is 2. The van der Waals surface area contributed by atoms with Crippen molar-refractivity contribution in [3.63, 3.8) is 0 Å². The first-order valence-corrected chi connectivity index (χ1v) is 9.01. The van der Waals surface area contributed by atoms with E-state index in [0.29, 0.717) is 6.04 Å². The number of fused-ring (bicyclic) bond motifs is 1. The molecule has 0 radical (unpaired) electrons. The monoisotopic (exact) mass is 312 g/mol. The van der Waals surface area contributed by atoms with Crippen LogP contribution in [0.1, 0.15) is 61.6 Å². The summed E-state index contributed by atoms with van der Waals surface area (Å²) in [4.78, 5) is 15.3. The van der Waals surface area contributed by atoms with E-state index in [-0.39, 0.29) is 5.91 Å². The zero-order valence-corrected chi connectivity index (χ0v) is 14.9. The molecule has 3 nitrogen and oxygen atoms in total. The Labute approximate surface area is 139 Å². The fourth-order valence-corrected chi connectivity index (χ4v) is 3.93. The summed E-state index contributed by atoms with van der Waals surface area (Å²) in [5.74, 6) is 0.214. The number of carbonyl (C=O) groups is 1. The predicted molar refractivity (Wildman–Crippen MR) is 96.1 cm³/mol. The molecule has 2 heterocycles. The second-order valence-corrected chi connectivity index (χ2v) is 6.77. The Balaban J connectivity index is 2.12.